The lowest BCUT2D eigenvalue weighted by atomic mass is 10.2. The number of aryl methyl sites for hydroxylation is 3. The molecule has 2 heterocycles. The Hall–Kier alpha value is -2.14. The molecule has 1 aliphatic rings. The first-order chi connectivity index (χ1) is 10.8. The van der Waals surface area contributed by atoms with Crippen molar-refractivity contribution < 1.29 is 5.11 Å². The summed E-state index contributed by atoms with van der Waals surface area (Å²) in [7, 11) is 0. The smallest absolute Gasteiger partial charge is 0.143 e. The molecule has 0 fully saturated rings. The third-order valence-electron chi connectivity index (χ3n) is 4.08. The zero-order valence-electron chi connectivity index (χ0n) is 12.4. The topological polar surface area (TPSA) is 58.0 Å². The maximum Gasteiger partial charge on any atom is 0.143 e. The Kier molecular flexibility index (Phi) is 3.22. The summed E-state index contributed by atoms with van der Waals surface area (Å²) in [5.74, 6) is 1.90. The van der Waals surface area contributed by atoms with Gasteiger partial charge in [-0.05, 0) is 37.0 Å². The molecular formula is C17H17N3OS. The molecule has 0 unspecified atom stereocenters. The fourth-order valence-electron chi connectivity index (χ4n) is 3.00. The molecule has 2 N–H and O–H groups in total. The van der Waals surface area contributed by atoms with Gasteiger partial charge < -0.3 is 10.4 Å². The van der Waals surface area contributed by atoms with Gasteiger partial charge in [0.25, 0.3) is 0 Å². The third kappa shape index (κ3) is 2.13. The average molecular weight is 311 g/mol. The zero-order valence-corrected chi connectivity index (χ0v) is 13.2. The van der Waals surface area contributed by atoms with Crippen molar-refractivity contribution in [2.75, 3.05) is 5.32 Å². The summed E-state index contributed by atoms with van der Waals surface area (Å²) in [6.45, 7) is 2.06. The Morgan fingerprint density at radius 3 is 2.91 bits per heavy atom. The zero-order chi connectivity index (χ0) is 15.1. The number of fused-ring (bicyclic) bond motifs is 3. The number of nitrogens with zero attached hydrogens (tertiary/aromatic N) is 2. The van der Waals surface area contributed by atoms with Gasteiger partial charge in [0.05, 0.1) is 11.1 Å². The van der Waals surface area contributed by atoms with Gasteiger partial charge in [-0.15, -0.1) is 11.3 Å². The second-order valence-electron chi connectivity index (χ2n) is 5.52. The first kappa shape index (κ1) is 13.5. The Bertz CT molecular complexity index is 856. The summed E-state index contributed by atoms with van der Waals surface area (Å²) < 4.78 is 0. The van der Waals surface area contributed by atoms with Gasteiger partial charge in [-0.3, -0.25) is 0 Å². The molecule has 0 aliphatic heterocycles. The minimum absolute atomic E-state index is 0.235. The number of benzene rings is 1. The van der Waals surface area contributed by atoms with Crippen molar-refractivity contribution in [2.24, 2.45) is 0 Å². The molecule has 0 saturated heterocycles. The summed E-state index contributed by atoms with van der Waals surface area (Å²) in [4.78, 5) is 11.9. The Morgan fingerprint density at radius 1 is 1.23 bits per heavy atom. The standard InChI is InChI=1S/C17H17N3OS/c1-2-14-19-16(18-11-7-3-4-8-12(11)21)15-10-6-5-9-13(10)22-17(15)20-14/h3-4,7-8,21H,2,5-6,9H2,1H3,(H,18,19,20). The van der Waals surface area contributed by atoms with Crippen molar-refractivity contribution in [1.82, 2.24) is 9.97 Å². The van der Waals surface area contributed by atoms with Crippen LogP contribution in [0.4, 0.5) is 11.5 Å². The van der Waals surface area contributed by atoms with Crippen LogP contribution < -0.4 is 5.32 Å². The van der Waals surface area contributed by atoms with Crippen LogP contribution in [0.15, 0.2) is 24.3 Å². The van der Waals surface area contributed by atoms with Gasteiger partial charge in [0.15, 0.2) is 0 Å². The molecule has 0 spiro atoms. The Labute approximate surface area is 132 Å². The summed E-state index contributed by atoms with van der Waals surface area (Å²) in [5, 5.41) is 14.5. The number of aromatic nitrogens is 2. The molecule has 2 aromatic heterocycles. The number of phenols is 1. The molecule has 1 aliphatic carbocycles. The van der Waals surface area contributed by atoms with Crippen LogP contribution in [0.3, 0.4) is 0 Å². The maximum atomic E-state index is 10.0. The molecule has 4 nitrogen and oxygen atoms in total. The van der Waals surface area contributed by atoms with Gasteiger partial charge in [0, 0.05) is 11.3 Å². The summed E-state index contributed by atoms with van der Waals surface area (Å²) in [6, 6.07) is 7.26. The largest absolute Gasteiger partial charge is 0.506 e. The number of para-hydroxylation sites is 2. The van der Waals surface area contributed by atoms with Gasteiger partial charge in [0.1, 0.15) is 22.2 Å². The fourth-order valence-corrected chi connectivity index (χ4v) is 4.28. The van der Waals surface area contributed by atoms with E-state index in [1.165, 1.54) is 16.9 Å². The van der Waals surface area contributed by atoms with Crippen molar-refractivity contribution in [2.45, 2.75) is 32.6 Å². The van der Waals surface area contributed by atoms with Crippen molar-refractivity contribution in [1.29, 1.82) is 0 Å². The van der Waals surface area contributed by atoms with E-state index >= 15 is 0 Å². The predicted octanol–water partition coefficient (Wildman–Crippen LogP) is 4.19. The Morgan fingerprint density at radius 2 is 2.09 bits per heavy atom. The second kappa shape index (κ2) is 5.25. The highest BCUT2D eigenvalue weighted by molar-refractivity contribution is 7.19. The molecule has 0 radical (unpaired) electrons. The molecule has 0 amide bonds. The van der Waals surface area contributed by atoms with E-state index in [1.54, 1.807) is 17.4 Å². The number of anilines is 2. The van der Waals surface area contributed by atoms with E-state index in [-0.39, 0.29) is 5.75 Å². The number of hydrogen-bond acceptors (Lipinski definition) is 5. The summed E-state index contributed by atoms with van der Waals surface area (Å²) in [5.41, 5.74) is 2.07. The van der Waals surface area contributed by atoms with Crippen LogP contribution in [0.5, 0.6) is 5.75 Å². The molecule has 0 atom stereocenters. The quantitative estimate of drug-likeness (QED) is 0.712. The highest BCUT2D eigenvalue weighted by Crippen LogP contribution is 2.40. The van der Waals surface area contributed by atoms with Gasteiger partial charge in [0.2, 0.25) is 0 Å². The van der Waals surface area contributed by atoms with Crippen LogP contribution in [-0.4, -0.2) is 15.1 Å². The predicted molar refractivity (Wildman–Crippen MR) is 90.2 cm³/mol. The monoisotopic (exact) mass is 311 g/mol. The lowest BCUT2D eigenvalue weighted by Crippen LogP contribution is -2.01. The average Bonchev–Trinajstić information content (AvgIpc) is 3.09. The lowest BCUT2D eigenvalue weighted by Gasteiger charge is -2.10. The lowest BCUT2D eigenvalue weighted by molar-refractivity contribution is 0.477. The molecule has 5 heteroatoms. The first-order valence-corrected chi connectivity index (χ1v) is 8.44. The fraction of sp³-hybridized carbons (Fsp3) is 0.294. The van der Waals surface area contributed by atoms with E-state index < -0.39 is 0 Å². The van der Waals surface area contributed by atoms with E-state index in [9.17, 15) is 5.11 Å². The summed E-state index contributed by atoms with van der Waals surface area (Å²) in [6.07, 6.45) is 4.25. The van der Waals surface area contributed by atoms with Crippen molar-refractivity contribution in [3.05, 3.63) is 40.5 Å². The van der Waals surface area contributed by atoms with Gasteiger partial charge in [-0.25, -0.2) is 9.97 Å². The third-order valence-corrected chi connectivity index (χ3v) is 5.27. The van der Waals surface area contributed by atoms with Crippen molar-refractivity contribution in [3.63, 3.8) is 0 Å². The highest BCUT2D eigenvalue weighted by Gasteiger charge is 2.22. The highest BCUT2D eigenvalue weighted by atomic mass is 32.1. The molecule has 4 rings (SSSR count). The van der Waals surface area contributed by atoms with Crippen LogP contribution in [-0.2, 0) is 19.3 Å². The number of thiophene rings is 1. The molecule has 3 aromatic rings. The van der Waals surface area contributed by atoms with E-state index in [0.717, 1.165) is 41.1 Å². The molecule has 22 heavy (non-hydrogen) atoms. The Balaban J connectivity index is 1.90. The molecule has 112 valence electrons. The number of phenolic OH excluding ortho intramolecular Hbond substituents is 1. The van der Waals surface area contributed by atoms with Crippen LogP contribution in [0, 0.1) is 0 Å². The van der Waals surface area contributed by atoms with Crippen molar-refractivity contribution >= 4 is 33.1 Å². The second-order valence-corrected chi connectivity index (χ2v) is 6.61. The van der Waals surface area contributed by atoms with Crippen LogP contribution >= 0.6 is 11.3 Å². The number of nitrogens with one attached hydrogen (secondary N) is 1. The van der Waals surface area contributed by atoms with E-state index in [4.69, 9.17) is 0 Å². The molecule has 0 bridgehead atoms. The van der Waals surface area contributed by atoms with Gasteiger partial charge in [-0.1, -0.05) is 19.1 Å². The van der Waals surface area contributed by atoms with E-state index in [2.05, 4.69) is 22.2 Å². The first-order valence-electron chi connectivity index (χ1n) is 7.62. The van der Waals surface area contributed by atoms with Gasteiger partial charge >= 0.3 is 0 Å². The van der Waals surface area contributed by atoms with E-state index in [1.807, 2.05) is 18.2 Å². The van der Waals surface area contributed by atoms with Gasteiger partial charge in [-0.2, -0.15) is 0 Å². The SMILES string of the molecule is CCc1nc(Nc2ccccc2O)c2c3c(sc2n1)CCC3. The van der Waals surface area contributed by atoms with Crippen LogP contribution in [0.25, 0.3) is 10.2 Å². The normalized spacial score (nSPS) is 13.5. The van der Waals surface area contributed by atoms with Crippen LogP contribution in [0.2, 0.25) is 0 Å². The van der Waals surface area contributed by atoms with Crippen molar-refractivity contribution in [3.8, 4) is 5.75 Å². The van der Waals surface area contributed by atoms with Crippen LogP contribution in [0.1, 0.15) is 29.6 Å². The van der Waals surface area contributed by atoms with E-state index in [0.29, 0.717) is 5.69 Å². The molecular weight excluding hydrogens is 294 g/mol. The molecule has 0 saturated carbocycles. The number of rotatable bonds is 3. The number of aromatic hydroxyl groups is 1. The number of hydrogen-bond donors (Lipinski definition) is 2. The maximum absolute atomic E-state index is 10.0. The minimum Gasteiger partial charge on any atom is -0.506 e. The minimum atomic E-state index is 0.235. The molecule has 1 aromatic carbocycles. The summed E-state index contributed by atoms with van der Waals surface area (Å²) >= 11 is 1.79.